The van der Waals surface area contributed by atoms with Gasteiger partial charge < -0.3 is 11.1 Å². The van der Waals surface area contributed by atoms with E-state index in [1.54, 1.807) is 10.7 Å². The highest BCUT2D eigenvalue weighted by Gasteiger charge is 2.26. The van der Waals surface area contributed by atoms with E-state index in [4.69, 9.17) is 5.73 Å². The summed E-state index contributed by atoms with van der Waals surface area (Å²) < 4.78 is 3.58. The van der Waals surface area contributed by atoms with Crippen LogP contribution in [0, 0.1) is 0 Å². The van der Waals surface area contributed by atoms with Crippen LogP contribution >= 0.6 is 0 Å². The Balaban J connectivity index is 1.50. The van der Waals surface area contributed by atoms with Gasteiger partial charge in [-0.2, -0.15) is 5.10 Å². The molecule has 8 heteroatoms. The lowest BCUT2D eigenvalue weighted by atomic mass is 9.88. The summed E-state index contributed by atoms with van der Waals surface area (Å²) in [6.07, 6.45) is 9.24. The Bertz CT molecular complexity index is 1030. The highest BCUT2D eigenvalue weighted by Crippen LogP contribution is 2.25. The second-order valence-corrected chi connectivity index (χ2v) is 6.16. The number of nitrogens with zero attached hydrogens (tertiary/aromatic N) is 6. The molecule has 1 aliphatic carbocycles. The number of aromatic nitrogens is 6. The van der Waals surface area contributed by atoms with Crippen molar-refractivity contribution < 1.29 is 0 Å². The third-order valence-electron chi connectivity index (χ3n) is 4.46. The Morgan fingerprint density at radius 3 is 2.83 bits per heavy atom. The maximum Gasteiger partial charge on any atom is 0.241 e. The van der Waals surface area contributed by atoms with Gasteiger partial charge in [-0.15, -0.1) is 5.10 Å². The van der Waals surface area contributed by atoms with Crippen LogP contribution in [0.3, 0.4) is 0 Å². The van der Waals surface area contributed by atoms with E-state index in [-0.39, 0.29) is 0 Å². The first-order valence-electron chi connectivity index (χ1n) is 7.93. The van der Waals surface area contributed by atoms with E-state index in [2.05, 4.69) is 25.5 Å². The number of anilines is 1. The quantitative estimate of drug-likeness (QED) is 0.591. The standard InChI is InChI=1S/C16H16N8/c17-10-7-11(8-10)20-16-19-9-14-12(3-5-23(14)22-16)13-1-2-15-18-4-6-24(15)21-13/h1-6,9-11H,7-8,17H2,(H,20,22). The fourth-order valence-corrected chi connectivity index (χ4v) is 3.10. The van der Waals surface area contributed by atoms with E-state index in [1.165, 1.54) is 0 Å². The number of rotatable bonds is 3. The minimum atomic E-state index is 0.300. The fraction of sp³-hybridized carbons (Fsp3) is 0.250. The summed E-state index contributed by atoms with van der Waals surface area (Å²) in [5.41, 5.74) is 9.40. The van der Waals surface area contributed by atoms with Crippen LogP contribution in [0.4, 0.5) is 5.95 Å². The Kier molecular flexibility index (Phi) is 2.80. The molecular formula is C16H16N8. The van der Waals surface area contributed by atoms with E-state index in [0.717, 1.165) is 35.3 Å². The van der Waals surface area contributed by atoms with E-state index in [1.807, 2.05) is 41.3 Å². The molecule has 24 heavy (non-hydrogen) atoms. The average molecular weight is 320 g/mol. The molecule has 4 heterocycles. The molecule has 0 bridgehead atoms. The summed E-state index contributed by atoms with van der Waals surface area (Å²) in [5.74, 6) is 0.625. The predicted octanol–water partition coefficient (Wildman–Crippen LogP) is 1.34. The molecule has 1 saturated carbocycles. The van der Waals surface area contributed by atoms with Crippen molar-refractivity contribution in [1.29, 1.82) is 0 Å². The van der Waals surface area contributed by atoms with Crippen molar-refractivity contribution in [2.24, 2.45) is 5.73 Å². The van der Waals surface area contributed by atoms with Crippen molar-refractivity contribution in [3.8, 4) is 11.3 Å². The molecule has 0 amide bonds. The Morgan fingerprint density at radius 1 is 1.04 bits per heavy atom. The molecule has 120 valence electrons. The van der Waals surface area contributed by atoms with Crippen LogP contribution in [0.25, 0.3) is 22.4 Å². The van der Waals surface area contributed by atoms with Crippen LogP contribution in [-0.4, -0.2) is 41.3 Å². The Morgan fingerprint density at radius 2 is 1.96 bits per heavy atom. The molecule has 0 radical (unpaired) electrons. The lowest BCUT2D eigenvalue weighted by molar-refractivity contribution is 0.371. The molecule has 0 unspecified atom stereocenters. The van der Waals surface area contributed by atoms with Gasteiger partial charge in [0.05, 0.1) is 17.4 Å². The monoisotopic (exact) mass is 320 g/mol. The minimum Gasteiger partial charge on any atom is -0.350 e. The predicted molar refractivity (Wildman–Crippen MR) is 89.6 cm³/mol. The maximum atomic E-state index is 5.81. The number of nitrogens with two attached hydrogens (primary N) is 1. The average Bonchev–Trinajstić information content (AvgIpc) is 3.18. The van der Waals surface area contributed by atoms with Gasteiger partial charge in [-0.25, -0.2) is 19.0 Å². The molecule has 3 N–H and O–H groups in total. The molecule has 0 spiro atoms. The summed E-state index contributed by atoms with van der Waals surface area (Å²) in [4.78, 5) is 8.65. The van der Waals surface area contributed by atoms with Gasteiger partial charge in [0.1, 0.15) is 0 Å². The van der Waals surface area contributed by atoms with Crippen molar-refractivity contribution in [1.82, 2.24) is 29.2 Å². The van der Waals surface area contributed by atoms with Gasteiger partial charge in [0, 0.05) is 36.2 Å². The molecular weight excluding hydrogens is 304 g/mol. The SMILES string of the molecule is NC1CC(Nc2ncc3c(-c4ccc5nccn5n4)ccn3n2)C1. The van der Waals surface area contributed by atoms with Gasteiger partial charge in [0.15, 0.2) is 5.65 Å². The van der Waals surface area contributed by atoms with Crippen molar-refractivity contribution in [2.45, 2.75) is 24.9 Å². The van der Waals surface area contributed by atoms with E-state index in [0.29, 0.717) is 18.0 Å². The van der Waals surface area contributed by atoms with E-state index < -0.39 is 0 Å². The summed E-state index contributed by atoms with van der Waals surface area (Å²) in [6, 6.07) is 6.58. The lowest BCUT2D eigenvalue weighted by Gasteiger charge is -2.32. The number of nitrogens with one attached hydrogen (secondary N) is 1. The first kappa shape index (κ1) is 13.4. The Hall–Kier alpha value is -3.00. The van der Waals surface area contributed by atoms with Crippen LogP contribution in [-0.2, 0) is 0 Å². The fourth-order valence-electron chi connectivity index (χ4n) is 3.10. The van der Waals surface area contributed by atoms with Crippen molar-refractivity contribution in [2.75, 3.05) is 5.32 Å². The largest absolute Gasteiger partial charge is 0.350 e. The normalized spacial score (nSPS) is 20.4. The molecule has 4 aromatic heterocycles. The molecule has 4 aromatic rings. The van der Waals surface area contributed by atoms with Crippen molar-refractivity contribution in [3.63, 3.8) is 0 Å². The molecule has 1 fully saturated rings. The topological polar surface area (TPSA) is 98.4 Å². The molecule has 5 rings (SSSR count). The summed E-state index contributed by atoms with van der Waals surface area (Å²) in [7, 11) is 0. The van der Waals surface area contributed by atoms with Crippen LogP contribution in [0.5, 0.6) is 0 Å². The van der Waals surface area contributed by atoms with Crippen LogP contribution in [0.1, 0.15) is 12.8 Å². The van der Waals surface area contributed by atoms with E-state index >= 15 is 0 Å². The smallest absolute Gasteiger partial charge is 0.241 e. The van der Waals surface area contributed by atoms with Crippen molar-refractivity contribution in [3.05, 3.63) is 43.0 Å². The maximum absolute atomic E-state index is 5.81. The zero-order valence-electron chi connectivity index (χ0n) is 12.9. The Labute approximate surface area is 137 Å². The number of imidazole rings is 1. The van der Waals surface area contributed by atoms with Gasteiger partial charge in [-0.1, -0.05) is 0 Å². The minimum absolute atomic E-state index is 0.300. The first-order valence-corrected chi connectivity index (χ1v) is 7.93. The van der Waals surface area contributed by atoms with Crippen LogP contribution in [0.2, 0.25) is 0 Å². The molecule has 8 nitrogen and oxygen atoms in total. The number of fused-ring (bicyclic) bond motifs is 2. The summed E-state index contributed by atoms with van der Waals surface area (Å²) >= 11 is 0. The second kappa shape index (κ2) is 5.00. The number of hydrogen-bond donors (Lipinski definition) is 2. The van der Waals surface area contributed by atoms with Crippen LogP contribution in [0.15, 0.2) is 43.0 Å². The molecule has 1 aliphatic rings. The van der Waals surface area contributed by atoms with Gasteiger partial charge >= 0.3 is 0 Å². The van der Waals surface area contributed by atoms with Gasteiger partial charge in [0.25, 0.3) is 0 Å². The molecule has 0 aliphatic heterocycles. The summed E-state index contributed by atoms with van der Waals surface area (Å²) in [5, 5.41) is 12.4. The van der Waals surface area contributed by atoms with Crippen LogP contribution < -0.4 is 11.1 Å². The van der Waals surface area contributed by atoms with E-state index in [9.17, 15) is 0 Å². The van der Waals surface area contributed by atoms with Crippen molar-refractivity contribution >= 4 is 17.1 Å². The van der Waals surface area contributed by atoms with Gasteiger partial charge in [0.2, 0.25) is 5.95 Å². The highest BCUT2D eigenvalue weighted by atomic mass is 15.3. The zero-order valence-corrected chi connectivity index (χ0v) is 12.9. The molecule has 0 aromatic carbocycles. The van der Waals surface area contributed by atoms with Gasteiger partial charge in [-0.3, -0.25) is 0 Å². The zero-order chi connectivity index (χ0) is 16.1. The second-order valence-electron chi connectivity index (χ2n) is 6.16. The summed E-state index contributed by atoms with van der Waals surface area (Å²) in [6.45, 7) is 0. The first-order chi connectivity index (χ1) is 11.8. The third kappa shape index (κ3) is 2.11. The number of hydrogen-bond acceptors (Lipinski definition) is 6. The third-order valence-corrected chi connectivity index (χ3v) is 4.46. The molecule has 0 atom stereocenters. The van der Waals surface area contributed by atoms with Gasteiger partial charge in [-0.05, 0) is 31.0 Å². The molecule has 0 saturated heterocycles. The lowest BCUT2D eigenvalue weighted by Crippen LogP contribution is -2.44. The highest BCUT2D eigenvalue weighted by molar-refractivity contribution is 5.78.